The van der Waals surface area contributed by atoms with Crippen LogP contribution >= 0.6 is 27.3 Å². The number of esters is 1. The van der Waals surface area contributed by atoms with Crippen LogP contribution in [0.25, 0.3) is 10.2 Å². The van der Waals surface area contributed by atoms with Crippen LogP contribution in [0.5, 0.6) is 0 Å². The summed E-state index contributed by atoms with van der Waals surface area (Å²) in [6.45, 7) is -0.180. The molecule has 12 heteroatoms. The fourth-order valence-corrected chi connectivity index (χ4v) is 6.20. The molecule has 0 unspecified atom stereocenters. The van der Waals surface area contributed by atoms with E-state index in [0.717, 1.165) is 52.6 Å². The standard InChI is InChI=1S/C20H24BrN3O6S2/c1-30-19(27)10-24-15-8-7-13(21)9-16(15)31-20(24)23-18(26)12-32(28,29)11-17(25)22-14-5-3-2-4-6-14/h7-9,14H,2-6,10-12H2,1H3,(H,22,25). The van der Waals surface area contributed by atoms with Gasteiger partial charge in [-0.2, -0.15) is 4.99 Å². The summed E-state index contributed by atoms with van der Waals surface area (Å²) in [6, 6.07) is 5.34. The highest BCUT2D eigenvalue weighted by Gasteiger charge is 2.23. The van der Waals surface area contributed by atoms with E-state index in [4.69, 9.17) is 4.74 Å². The summed E-state index contributed by atoms with van der Waals surface area (Å²) in [5.74, 6) is -3.68. The predicted molar refractivity (Wildman–Crippen MR) is 124 cm³/mol. The van der Waals surface area contributed by atoms with E-state index in [-0.39, 0.29) is 17.4 Å². The quantitative estimate of drug-likeness (QED) is 0.530. The van der Waals surface area contributed by atoms with Crippen LogP contribution in [0.3, 0.4) is 0 Å². The Balaban J connectivity index is 1.77. The third-order valence-electron chi connectivity index (χ3n) is 5.04. The molecular formula is C20H24BrN3O6S2. The Morgan fingerprint density at radius 2 is 1.94 bits per heavy atom. The van der Waals surface area contributed by atoms with Crippen molar-refractivity contribution in [3.05, 3.63) is 27.5 Å². The van der Waals surface area contributed by atoms with Gasteiger partial charge in [-0.1, -0.05) is 46.5 Å². The predicted octanol–water partition coefficient (Wildman–Crippen LogP) is 1.93. The Bertz CT molecular complexity index is 1200. The number of sulfone groups is 1. The van der Waals surface area contributed by atoms with E-state index in [1.165, 1.54) is 11.7 Å². The maximum Gasteiger partial charge on any atom is 0.325 e. The minimum atomic E-state index is -3.99. The molecule has 0 bridgehead atoms. The van der Waals surface area contributed by atoms with Gasteiger partial charge in [0.1, 0.15) is 18.1 Å². The zero-order chi connectivity index (χ0) is 23.3. The summed E-state index contributed by atoms with van der Waals surface area (Å²) in [7, 11) is -2.74. The van der Waals surface area contributed by atoms with Gasteiger partial charge < -0.3 is 14.6 Å². The summed E-state index contributed by atoms with van der Waals surface area (Å²) in [5.41, 5.74) is 0.657. The van der Waals surface area contributed by atoms with Crippen LogP contribution in [-0.2, 0) is 35.5 Å². The number of hydrogen-bond acceptors (Lipinski definition) is 7. The number of aromatic nitrogens is 1. The number of ether oxygens (including phenoxy) is 1. The first-order valence-corrected chi connectivity index (χ1v) is 13.5. The van der Waals surface area contributed by atoms with Gasteiger partial charge in [0.15, 0.2) is 14.6 Å². The molecular weight excluding hydrogens is 522 g/mol. The second kappa shape index (κ2) is 10.7. The lowest BCUT2D eigenvalue weighted by molar-refractivity contribution is -0.141. The average molecular weight is 546 g/mol. The molecule has 1 N–H and O–H groups in total. The van der Waals surface area contributed by atoms with Crippen molar-refractivity contribution in [2.75, 3.05) is 18.6 Å². The van der Waals surface area contributed by atoms with Crippen molar-refractivity contribution in [3.8, 4) is 0 Å². The zero-order valence-electron chi connectivity index (χ0n) is 17.5. The largest absolute Gasteiger partial charge is 0.468 e. The average Bonchev–Trinajstić information content (AvgIpc) is 3.03. The molecule has 1 aromatic carbocycles. The zero-order valence-corrected chi connectivity index (χ0v) is 20.7. The van der Waals surface area contributed by atoms with Crippen molar-refractivity contribution in [1.82, 2.24) is 9.88 Å². The first-order chi connectivity index (χ1) is 15.2. The first-order valence-electron chi connectivity index (χ1n) is 10.1. The molecule has 32 heavy (non-hydrogen) atoms. The van der Waals surface area contributed by atoms with Crippen LogP contribution in [-0.4, -0.2) is 55.4 Å². The van der Waals surface area contributed by atoms with Gasteiger partial charge in [0.2, 0.25) is 5.91 Å². The van der Waals surface area contributed by atoms with Gasteiger partial charge in [0, 0.05) is 10.5 Å². The Hall–Kier alpha value is -2.05. The molecule has 0 atom stereocenters. The van der Waals surface area contributed by atoms with Crippen molar-refractivity contribution in [2.24, 2.45) is 4.99 Å². The van der Waals surface area contributed by atoms with E-state index in [2.05, 4.69) is 26.2 Å². The third-order valence-corrected chi connectivity index (χ3v) is 7.97. The number of amides is 2. The molecule has 1 aliphatic rings. The van der Waals surface area contributed by atoms with Crippen molar-refractivity contribution < 1.29 is 27.5 Å². The van der Waals surface area contributed by atoms with Crippen LogP contribution in [0, 0.1) is 0 Å². The summed E-state index contributed by atoms with van der Waals surface area (Å²) in [5, 5.41) is 2.74. The van der Waals surface area contributed by atoms with Crippen molar-refractivity contribution in [3.63, 3.8) is 0 Å². The number of rotatable bonds is 7. The van der Waals surface area contributed by atoms with Gasteiger partial charge >= 0.3 is 5.97 Å². The summed E-state index contributed by atoms with van der Waals surface area (Å²) < 4.78 is 32.5. The van der Waals surface area contributed by atoms with E-state index in [1.54, 1.807) is 12.1 Å². The van der Waals surface area contributed by atoms with Crippen LogP contribution < -0.4 is 10.1 Å². The summed E-state index contributed by atoms with van der Waals surface area (Å²) >= 11 is 4.52. The first kappa shape index (κ1) is 24.6. The van der Waals surface area contributed by atoms with Crippen molar-refractivity contribution >= 4 is 65.1 Å². The number of carbonyl (C=O) groups excluding carboxylic acids is 3. The number of thiazole rings is 1. The number of nitrogens with one attached hydrogen (secondary N) is 1. The molecule has 0 aliphatic heterocycles. The van der Waals surface area contributed by atoms with E-state index in [0.29, 0.717) is 5.52 Å². The van der Waals surface area contributed by atoms with Crippen LogP contribution in [0.1, 0.15) is 32.1 Å². The Kier molecular flexibility index (Phi) is 8.23. The number of methoxy groups -OCH3 is 1. The van der Waals surface area contributed by atoms with E-state index in [9.17, 15) is 22.8 Å². The SMILES string of the molecule is COC(=O)Cn1c(=NC(=O)CS(=O)(=O)CC(=O)NC2CCCCC2)sc2cc(Br)ccc21. The number of halogens is 1. The maximum atomic E-state index is 12.4. The lowest BCUT2D eigenvalue weighted by Crippen LogP contribution is -2.40. The lowest BCUT2D eigenvalue weighted by atomic mass is 9.95. The van der Waals surface area contributed by atoms with Gasteiger partial charge in [0.05, 0.1) is 17.3 Å². The number of fused-ring (bicyclic) bond motifs is 1. The molecule has 2 aromatic rings. The fourth-order valence-electron chi connectivity index (χ4n) is 3.57. The van der Waals surface area contributed by atoms with E-state index in [1.807, 2.05) is 6.07 Å². The number of hydrogen-bond donors (Lipinski definition) is 1. The van der Waals surface area contributed by atoms with E-state index < -0.39 is 39.1 Å². The maximum absolute atomic E-state index is 12.4. The topological polar surface area (TPSA) is 124 Å². The van der Waals surface area contributed by atoms with Gasteiger partial charge in [-0.15, -0.1) is 0 Å². The third kappa shape index (κ3) is 6.72. The number of carbonyl (C=O) groups is 3. The normalized spacial score (nSPS) is 15.6. The molecule has 0 saturated heterocycles. The molecule has 1 aromatic heterocycles. The molecule has 9 nitrogen and oxygen atoms in total. The van der Waals surface area contributed by atoms with Gasteiger partial charge in [-0.3, -0.25) is 14.4 Å². The molecule has 0 radical (unpaired) electrons. The van der Waals surface area contributed by atoms with Crippen LogP contribution in [0.2, 0.25) is 0 Å². The second-order valence-electron chi connectivity index (χ2n) is 7.60. The molecule has 0 spiro atoms. The minimum Gasteiger partial charge on any atom is -0.468 e. The lowest BCUT2D eigenvalue weighted by Gasteiger charge is -2.22. The van der Waals surface area contributed by atoms with Crippen molar-refractivity contribution in [2.45, 2.75) is 44.7 Å². The molecule has 1 aliphatic carbocycles. The molecule has 3 rings (SSSR count). The molecule has 174 valence electrons. The summed E-state index contributed by atoms with van der Waals surface area (Å²) in [4.78, 5) is 40.5. The highest BCUT2D eigenvalue weighted by atomic mass is 79.9. The van der Waals surface area contributed by atoms with Gasteiger partial charge in [-0.05, 0) is 31.0 Å². The highest BCUT2D eigenvalue weighted by Crippen LogP contribution is 2.22. The Morgan fingerprint density at radius 3 is 2.62 bits per heavy atom. The number of benzene rings is 1. The van der Waals surface area contributed by atoms with E-state index >= 15 is 0 Å². The molecule has 1 fully saturated rings. The summed E-state index contributed by atoms with van der Waals surface area (Å²) in [6.07, 6.45) is 4.80. The minimum absolute atomic E-state index is 0.0120. The van der Waals surface area contributed by atoms with Crippen molar-refractivity contribution in [1.29, 1.82) is 0 Å². The molecule has 2 amide bonds. The Morgan fingerprint density at radius 1 is 1.22 bits per heavy atom. The monoisotopic (exact) mass is 545 g/mol. The highest BCUT2D eigenvalue weighted by molar-refractivity contribution is 9.10. The van der Waals surface area contributed by atoms with Crippen LogP contribution in [0.4, 0.5) is 0 Å². The number of nitrogens with zero attached hydrogens (tertiary/aromatic N) is 2. The molecule has 1 saturated carbocycles. The second-order valence-corrected chi connectivity index (χ2v) is 11.6. The molecule has 1 heterocycles. The van der Waals surface area contributed by atoms with Gasteiger partial charge in [0.25, 0.3) is 5.91 Å². The van der Waals surface area contributed by atoms with Crippen LogP contribution in [0.15, 0.2) is 27.7 Å². The Labute approximate surface area is 197 Å². The van der Waals surface area contributed by atoms with Gasteiger partial charge in [-0.25, -0.2) is 8.42 Å². The smallest absolute Gasteiger partial charge is 0.325 e. The fraction of sp³-hybridized carbons (Fsp3) is 0.500.